The molecule has 4 N–H and O–H groups in total. The molecule has 28 heavy (non-hydrogen) atoms. The minimum absolute atomic E-state index is 0.0357. The van der Waals surface area contributed by atoms with E-state index in [0.29, 0.717) is 38.0 Å². The van der Waals surface area contributed by atoms with Crippen LogP contribution in [0.1, 0.15) is 18.4 Å². The number of halogens is 1. The number of hydrogen-bond donors (Lipinski definition) is 3. The monoisotopic (exact) mass is 445 g/mol. The molecular formula is C20H24BrN5O2. The highest BCUT2D eigenvalue weighted by atomic mass is 79.9. The van der Waals surface area contributed by atoms with Gasteiger partial charge in [-0.15, -0.1) is 0 Å². The van der Waals surface area contributed by atoms with E-state index in [1.807, 2.05) is 24.3 Å². The minimum atomic E-state index is -0.555. The number of carbonyl (C=O) groups is 2. The minimum Gasteiger partial charge on any atom is -0.341 e. The first-order valence-electron chi connectivity index (χ1n) is 9.27. The van der Waals surface area contributed by atoms with Gasteiger partial charge in [0.05, 0.1) is 6.04 Å². The van der Waals surface area contributed by atoms with Crippen LogP contribution in [0.5, 0.6) is 0 Å². The van der Waals surface area contributed by atoms with Crippen LogP contribution in [0.3, 0.4) is 0 Å². The second-order valence-corrected chi connectivity index (χ2v) is 7.79. The molecule has 1 fully saturated rings. The Bertz CT molecular complexity index is 792. The van der Waals surface area contributed by atoms with Crippen molar-refractivity contribution in [3.63, 3.8) is 0 Å². The van der Waals surface area contributed by atoms with Crippen molar-refractivity contribution in [2.45, 2.75) is 31.3 Å². The number of urea groups is 1. The summed E-state index contributed by atoms with van der Waals surface area (Å²) in [5, 5.41) is 5.74. The summed E-state index contributed by atoms with van der Waals surface area (Å²) in [4.78, 5) is 30.4. The molecule has 0 radical (unpaired) electrons. The Labute approximate surface area is 172 Å². The van der Waals surface area contributed by atoms with E-state index < -0.39 is 6.04 Å². The first-order valence-corrected chi connectivity index (χ1v) is 10.1. The highest BCUT2D eigenvalue weighted by molar-refractivity contribution is 9.10. The molecule has 2 heterocycles. The molecule has 0 unspecified atom stereocenters. The molecule has 0 bridgehead atoms. The van der Waals surface area contributed by atoms with Crippen LogP contribution >= 0.6 is 15.9 Å². The van der Waals surface area contributed by atoms with E-state index in [1.165, 1.54) is 0 Å². The molecule has 0 aliphatic carbocycles. The van der Waals surface area contributed by atoms with E-state index in [4.69, 9.17) is 5.73 Å². The average molecular weight is 446 g/mol. The lowest BCUT2D eigenvalue weighted by atomic mass is 10.0. The quantitative estimate of drug-likeness (QED) is 0.657. The van der Waals surface area contributed by atoms with Crippen LogP contribution in [0, 0.1) is 0 Å². The number of pyridine rings is 1. The van der Waals surface area contributed by atoms with Crippen molar-refractivity contribution in [1.82, 2.24) is 15.2 Å². The fraction of sp³-hybridized carbons (Fsp3) is 0.350. The van der Waals surface area contributed by atoms with Crippen LogP contribution in [0.2, 0.25) is 0 Å². The summed E-state index contributed by atoms with van der Waals surface area (Å²) in [6.45, 7) is 1.18. The molecule has 1 atom stereocenters. The Morgan fingerprint density at radius 2 is 1.79 bits per heavy atom. The predicted molar refractivity (Wildman–Crippen MR) is 112 cm³/mol. The van der Waals surface area contributed by atoms with Gasteiger partial charge in [0.2, 0.25) is 5.91 Å². The largest absolute Gasteiger partial charge is 0.341 e. The fourth-order valence-electron chi connectivity index (χ4n) is 3.23. The van der Waals surface area contributed by atoms with E-state index in [1.54, 1.807) is 29.4 Å². The second kappa shape index (κ2) is 9.66. The summed E-state index contributed by atoms with van der Waals surface area (Å²) in [6, 6.07) is 10.5. The molecule has 148 valence electrons. The molecule has 3 rings (SSSR count). The van der Waals surface area contributed by atoms with Gasteiger partial charge in [0.15, 0.2) is 0 Å². The molecule has 7 nitrogen and oxygen atoms in total. The molecule has 0 saturated carbocycles. The maximum Gasteiger partial charge on any atom is 0.319 e. The number of benzene rings is 1. The fourth-order valence-corrected chi connectivity index (χ4v) is 3.49. The Morgan fingerprint density at radius 1 is 1.14 bits per heavy atom. The topological polar surface area (TPSA) is 100 Å². The summed E-state index contributed by atoms with van der Waals surface area (Å²) in [6.07, 6.45) is 5.17. The smallest absolute Gasteiger partial charge is 0.319 e. The summed E-state index contributed by atoms with van der Waals surface area (Å²) >= 11 is 3.40. The van der Waals surface area contributed by atoms with Gasteiger partial charge in [-0.25, -0.2) is 4.79 Å². The average Bonchev–Trinajstić information content (AvgIpc) is 2.70. The van der Waals surface area contributed by atoms with Crippen molar-refractivity contribution in [2.75, 3.05) is 18.4 Å². The van der Waals surface area contributed by atoms with Gasteiger partial charge < -0.3 is 21.3 Å². The molecule has 3 amide bonds. The number of amides is 3. The number of anilines is 1. The zero-order valence-corrected chi connectivity index (χ0v) is 17.1. The molecule has 1 aromatic carbocycles. The maximum absolute atomic E-state index is 12.6. The molecule has 2 aromatic rings. The number of piperidine rings is 1. The van der Waals surface area contributed by atoms with Crippen LogP contribution in [0.15, 0.2) is 53.3 Å². The number of likely N-dealkylation sites (tertiary alicyclic amines) is 1. The highest BCUT2D eigenvalue weighted by Crippen LogP contribution is 2.15. The van der Waals surface area contributed by atoms with Gasteiger partial charge in [0.1, 0.15) is 0 Å². The van der Waals surface area contributed by atoms with Gasteiger partial charge in [-0.1, -0.05) is 28.1 Å². The van der Waals surface area contributed by atoms with E-state index >= 15 is 0 Å². The number of aromatic nitrogens is 1. The lowest BCUT2D eigenvalue weighted by Gasteiger charge is -2.33. The normalized spacial score (nSPS) is 15.7. The Balaban J connectivity index is 1.43. The molecule has 8 heteroatoms. The van der Waals surface area contributed by atoms with E-state index in [0.717, 1.165) is 10.0 Å². The number of nitrogens with one attached hydrogen (secondary N) is 2. The summed E-state index contributed by atoms with van der Waals surface area (Å²) in [5.41, 5.74) is 7.86. The Hall–Kier alpha value is -2.45. The molecule has 1 saturated heterocycles. The summed E-state index contributed by atoms with van der Waals surface area (Å²) in [5.74, 6) is -0.0393. The van der Waals surface area contributed by atoms with E-state index in [9.17, 15) is 9.59 Å². The molecule has 0 spiro atoms. The first-order chi connectivity index (χ1) is 13.5. The molecule has 1 aliphatic rings. The molecule has 1 aromatic heterocycles. The zero-order chi connectivity index (χ0) is 19.9. The number of hydrogen-bond acceptors (Lipinski definition) is 4. The van der Waals surface area contributed by atoms with Crippen LogP contribution in [0.25, 0.3) is 0 Å². The maximum atomic E-state index is 12.6. The van der Waals surface area contributed by atoms with Gasteiger partial charge >= 0.3 is 6.03 Å². The van der Waals surface area contributed by atoms with Crippen molar-refractivity contribution < 1.29 is 9.59 Å². The number of nitrogens with two attached hydrogens (primary N) is 1. The summed E-state index contributed by atoms with van der Waals surface area (Å²) < 4.78 is 0.999. The van der Waals surface area contributed by atoms with Gasteiger partial charge in [-0.2, -0.15) is 0 Å². The van der Waals surface area contributed by atoms with E-state index in [2.05, 4.69) is 31.5 Å². The first kappa shape index (κ1) is 20.3. The predicted octanol–water partition coefficient (Wildman–Crippen LogP) is 2.53. The van der Waals surface area contributed by atoms with Gasteiger partial charge in [-0.3, -0.25) is 9.78 Å². The van der Waals surface area contributed by atoms with Crippen molar-refractivity contribution in [3.8, 4) is 0 Å². The van der Waals surface area contributed by atoms with Crippen LogP contribution in [-0.4, -0.2) is 47.0 Å². The number of nitrogens with zero attached hydrogens (tertiary/aromatic N) is 2. The lowest BCUT2D eigenvalue weighted by Crippen LogP contribution is -2.51. The van der Waals surface area contributed by atoms with Crippen molar-refractivity contribution in [1.29, 1.82) is 0 Å². The van der Waals surface area contributed by atoms with Crippen LogP contribution < -0.4 is 16.4 Å². The number of rotatable bonds is 5. The third-order valence-corrected chi connectivity index (χ3v) is 5.29. The van der Waals surface area contributed by atoms with E-state index in [-0.39, 0.29) is 18.0 Å². The van der Waals surface area contributed by atoms with Gasteiger partial charge in [0.25, 0.3) is 0 Å². The Kier molecular flexibility index (Phi) is 7.00. The molecular weight excluding hydrogens is 422 g/mol. The van der Waals surface area contributed by atoms with Crippen molar-refractivity contribution in [2.24, 2.45) is 5.73 Å². The lowest BCUT2D eigenvalue weighted by molar-refractivity contribution is -0.133. The van der Waals surface area contributed by atoms with Crippen molar-refractivity contribution in [3.05, 3.63) is 58.8 Å². The van der Waals surface area contributed by atoms with Crippen LogP contribution in [-0.2, 0) is 11.2 Å². The SMILES string of the molecule is N[C@@H](Cc1ccc(Br)cc1)C(=O)N1CCC(NC(=O)Nc2ccncc2)CC1. The zero-order valence-electron chi connectivity index (χ0n) is 15.5. The third-order valence-electron chi connectivity index (χ3n) is 4.77. The second-order valence-electron chi connectivity index (χ2n) is 6.87. The third kappa shape index (κ3) is 5.77. The molecule has 1 aliphatic heterocycles. The van der Waals surface area contributed by atoms with Gasteiger partial charge in [-0.05, 0) is 49.1 Å². The van der Waals surface area contributed by atoms with Crippen LogP contribution in [0.4, 0.5) is 10.5 Å². The number of carbonyl (C=O) groups excluding carboxylic acids is 2. The standard InChI is InChI=1S/C20H24BrN5O2/c21-15-3-1-14(2-4-15)13-18(22)19(27)26-11-7-17(8-12-26)25-20(28)24-16-5-9-23-10-6-16/h1-6,9-10,17-18H,7-8,11-13,22H2,(H2,23,24,25,28)/t18-/m0/s1. The highest BCUT2D eigenvalue weighted by Gasteiger charge is 2.27. The summed E-state index contributed by atoms with van der Waals surface area (Å²) in [7, 11) is 0. The van der Waals surface area contributed by atoms with Gasteiger partial charge in [0, 0.05) is 41.7 Å². The van der Waals surface area contributed by atoms with Crippen molar-refractivity contribution >= 4 is 33.6 Å². The Morgan fingerprint density at radius 3 is 2.43 bits per heavy atom.